The number of hydrazine groups is 1. The number of rotatable bonds is 5. The Balaban J connectivity index is 2.04. The number of benzene rings is 1. The fraction of sp³-hybridized carbons (Fsp3) is 0.214. The normalized spacial score (nSPS) is 10.8. The molecule has 0 aliphatic heterocycles. The monoisotopic (exact) mass is 353 g/mol. The molecule has 1 heterocycles. The third-order valence-corrected chi connectivity index (χ3v) is 4.39. The molecule has 6 heteroatoms. The molecule has 20 heavy (non-hydrogen) atoms. The van der Waals surface area contributed by atoms with Gasteiger partial charge in [0.05, 0.1) is 0 Å². The number of nitrogens with one attached hydrogen (secondary N) is 1. The second-order valence-corrected chi connectivity index (χ2v) is 6.22. The lowest BCUT2D eigenvalue weighted by Crippen LogP contribution is -2.30. The zero-order valence-electron chi connectivity index (χ0n) is 11.1. The highest BCUT2D eigenvalue weighted by molar-refractivity contribution is 9.10. The average molecular weight is 354 g/mol. The number of amides is 1. The Morgan fingerprint density at radius 2 is 2.20 bits per heavy atom. The highest BCUT2D eigenvalue weighted by Crippen LogP contribution is 2.21. The van der Waals surface area contributed by atoms with E-state index in [2.05, 4.69) is 50.1 Å². The molecule has 4 nitrogen and oxygen atoms in total. The Kier molecular flexibility index (Phi) is 5.31. The minimum Gasteiger partial charge on any atom is -0.298 e. The zero-order chi connectivity index (χ0) is 14.5. The fourth-order valence-corrected chi connectivity index (χ4v) is 3.11. The summed E-state index contributed by atoms with van der Waals surface area (Å²) in [4.78, 5) is 13.7. The van der Waals surface area contributed by atoms with Crippen molar-refractivity contribution in [3.05, 3.63) is 56.2 Å². The fourth-order valence-electron chi connectivity index (χ4n) is 1.94. The molecule has 2 aromatic rings. The highest BCUT2D eigenvalue weighted by atomic mass is 79.9. The minimum absolute atomic E-state index is 0.288. The van der Waals surface area contributed by atoms with Crippen molar-refractivity contribution in [1.29, 1.82) is 0 Å². The summed E-state index contributed by atoms with van der Waals surface area (Å²) in [6.07, 6.45) is 0. The third kappa shape index (κ3) is 3.89. The van der Waals surface area contributed by atoms with E-state index in [-0.39, 0.29) is 5.91 Å². The molecule has 0 unspecified atom stereocenters. The molecule has 0 bridgehead atoms. The smallest absolute Gasteiger partial charge is 0.265 e. The van der Waals surface area contributed by atoms with Gasteiger partial charge in [-0.1, -0.05) is 22.0 Å². The van der Waals surface area contributed by atoms with E-state index in [1.54, 1.807) is 23.5 Å². The van der Waals surface area contributed by atoms with Crippen LogP contribution in [0.2, 0.25) is 0 Å². The van der Waals surface area contributed by atoms with E-state index in [0.29, 0.717) is 5.56 Å². The van der Waals surface area contributed by atoms with E-state index in [1.165, 1.54) is 5.56 Å². The van der Waals surface area contributed by atoms with Crippen molar-refractivity contribution in [1.82, 2.24) is 10.3 Å². The maximum Gasteiger partial charge on any atom is 0.265 e. The van der Waals surface area contributed by atoms with Crippen molar-refractivity contribution in [3.63, 3.8) is 0 Å². The predicted molar refractivity (Wildman–Crippen MR) is 85.3 cm³/mol. The van der Waals surface area contributed by atoms with Crippen LogP contribution >= 0.6 is 27.3 Å². The maximum absolute atomic E-state index is 11.4. The van der Waals surface area contributed by atoms with Crippen LogP contribution in [-0.4, -0.2) is 17.9 Å². The van der Waals surface area contributed by atoms with Crippen molar-refractivity contribution in [2.45, 2.75) is 13.1 Å². The Morgan fingerprint density at radius 1 is 1.40 bits per heavy atom. The van der Waals surface area contributed by atoms with Crippen LogP contribution in [0, 0.1) is 0 Å². The maximum atomic E-state index is 11.4. The van der Waals surface area contributed by atoms with Crippen LogP contribution in [0.5, 0.6) is 0 Å². The van der Waals surface area contributed by atoms with Gasteiger partial charge in [-0.25, -0.2) is 5.84 Å². The number of nitrogens with zero attached hydrogens (tertiary/aromatic N) is 1. The van der Waals surface area contributed by atoms with Crippen molar-refractivity contribution < 1.29 is 4.79 Å². The van der Waals surface area contributed by atoms with Gasteiger partial charge < -0.3 is 0 Å². The summed E-state index contributed by atoms with van der Waals surface area (Å²) in [7, 11) is 2.07. The number of nitrogens with two attached hydrogens (primary N) is 1. The topological polar surface area (TPSA) is 58.4 Å². The largest absolute Gasteiger partial charge is 0.298 e. The quantitative estimate of drug-likeness (QED) is 0.493. The molecule has 1 amide bonds. The van der Waals surface area contributed by atoms with Gasteiger partial charge >= 0.3 is 0 Å². The molecule has 1 aromatic carbocycles. The number of hydrogen-bond donors (Lipinski definition) is 2. The number of halogens is 1. The van der Waals surface area contributed by atoms with Crippen molar-refractivity contribution >= 4 is 33.2 Å². The molecule has 0 saturated heterocycles. The standard InChI is InChI=1S/C14H16BrN3OS/c1-18(7-10-4-5-20-9-10)8-12-3-2-11(6-13(12)15)14(19)17-16/h2-6,9H,7-8,16H2,1H3,(H,17,19). The number of hydrogen-bond acceptors (Lipinski definition) is 4. The van der Waals surface area contributed by atoms with Crippen LogP contribution in [0.3, 0.4) is 0 Å². The summed E-state index contributed by atoms with van der Waals surface area (Å²) in [6, 6.07) is 7.64. The van der Waals surface area contributed by atoms with Crippen LogP contribution in [0.15, 0.2) is 39.5 Å². The van der Waals surface area contributed by atoms with E-state index in [9.17, 15) is 4.79 Å². The number of thiophene rings is 1. The second kappa shape index (κ2) is 6.99. The number of nitrogen functional groups attached to an aromatic ring is 1. The van der Waals surface area contributed by atoms with Gasteiger partial charge in [0.15, 0.2) is 0 Å². The molecule has 1 aromatic heterocycles. The first-order valence-corrected chi connectivity index (χ1v) is 7.82. The third-order valence-electron chi connectivity index (χ3n) is 2.92. The molecule has 0 spiro atoms. The van der Waals surface area contributed by atoms with Crippen molar-refractivity contribution in [2.75, 3.05) is 7.05 Å². The molecule has 3 N–H and O–H groups in total. The van der Waals surface area contributed by atoms with Crippen molar-refractivity contribution in [2.24, 2.45) is 5.84 Å². The summed E-state index contributed by atoms with van der Waals surface area (Å²) in [5, 5.41) is 4.24. The molecule has 0 atom stereocenters. The van der Waals surface area contributed by atoms with Crippen LogP contribution in [-0.2, 0) is 13.1 Å². The van der Waals surface area contributed by atoms with Gasteiger partial charge in [-0.05, 0) is 47.1 Å². The van der Waals surface area contributed by atoms with Gasteiger partial charge in [-0.2, -0.15) is 11.3 Å². The summed E-state index contributed by atoms with van der Waals surface area (Å²) < 4.78 is 0.913. The summed E-state index contributed by atoms with van der Waals surface area (Å²) >= 11 is 5.21. The van der Waals surface area contributed by atoms with E-state index >= 15 is 0 Å². The van der Waals surface area contributed by atoms with E-state index in [4.69, 9.17) is 5.84 Å². The lowest BCUT2D eigenvalue weighted by molar-refractivity contribution is 0.0953. The Morgan fingerprint density at radius 3 is 2.80 bits per heavy atom. The highest BCUT2D eigenvalue weighted by Gasteiger charge is 2.09. The van der Waals surface area contributed by atoms with Gasteiger partial charge in [0.25, 0.3) is 5.91 Å². The van der Waals surface area contributed by atoms with Crippen LogP contribution in [0.1, 0.15) is 21.5 Å². The Labute approximate surface area is 130 Å². The summed E-state index contributed by atoms with van der Waals surface area (Å²) in [6.45, 7) is 1.71. The zero-order valence-corrected chi connectivity index (χ0v) is 13.5. The van der Waals surface area contributed by atoms with Crippen LogP contribution in [0.25, 0.3) is 0 Å². The predicted octanol–water partition coefficient (Wildman–Crippen LogP) is 2.75. The molecule has 0 aliphatic carbocycles. The minimum atomic E-state index is -0.288. The van der Waals surface area contributed by atoms with Crippen molar-refractivity contribution in [3.8, 4) is 0 Å². The molecule has 0 radical (unpaired) electrons. The number of carbonyl (C=O) groups is 1. The molecule has 0 saturated carbocycles. The first kappa shape index (κ1) is 15.2. The van der Waals surface area contributed by atoms with Gasteiger partial charge in [0, 0.05) is 23.1 Å². The van der Waals surface area contributed by atoms with Crippen LogP contribution in [0.4, 0.5) is 0 Å². The van der Waals surface area contributed by atoms with Gasteiger partial charge in [0.1, 0.15) is 0 Å². The van der Waals surface area contributed by atoms with Gasteiger partial charge in [-0.3, -0.25) is 15.1 Å². The SMILES string of the molecule is CN(Cc1ccsc1)Cc1ccc(C(=O)NN)cc1Br. The van der Waals surface area contributed by atoms with Gasteiger partial charge in [0.2, 0.25) is 0 Å². The summed E-state index contributed by atoms with van der Waals surface area (Å²) in [5.74, 6) is 4.84. The molecule has 0 fully saturated rings. The Bertz CT molecular complexity index is 586. The molecular formula is C14H16BrN3OS. The lowest BCUT2D eigenvalue weighted by atomic mass is 10.1. The molecule has 106 valence electrons. The molecular weight excluding hydrogens is 338 g/mol. The van der Waals surface area contributed by atoms with Crippen LogP contribution < -0.4 is 11.3 Å². The van der Waals surface area contributed by atoms with E-state index < -0.39 is 0 Å². The number of carbonyl (C=O) groups excluding carboxylic acids is 1. The Hall–Kier alpha value is -1.21. The first-order valence-electron chi connectivity index (χ1n) is 6.09. The van der Waals surface area contributed by atoms with E-state index in [1.807, 2.05) is 6.07 Å². The van der Waals surface area contributed by atoms with E-state index in [0.717, 1.165) is 23.1 Å². The average Bonchev–Trinajstić information content (AvgIpc) is 2.93. The second-order valence-electron chi connectivity index (χ2n) is 4.58. The van der Waals surface area contributed by atoms with Gasteiger partial charge in [-0.15, -0.1) is 0 Å². The first-order chi connectivity index (χ1) is 9.60. The lowest BCUT2D eigenvalue weighted by Gasteiger charge is -2.17. The molecule has 2 rings (SSSR count). The molecule has 0 aliphatic rings. The summed E-state index contributed by atoms with van der Waals surface area (Å²) in [5.41, 5.74) is 5.12.